The molecule has 1 aromatic heterocycles. The number of aromatic nitrogens is 1. The van der Waals surface area contributed by atoms with Crippen LogP contribution in [-0.4, -0.2) is 60.6 Å². The molecule has 3 rings (SSSR count). The van der Waals surface area contributed by atoms with Crippen LogP contribution in [0.3, 0.4) is 0 Å². The van der Waals surface area contributed by atoms with Crippen molar-refractivity contribution in [2.75, 3.05) is 31.5 Å². The van der Waals surface area contributed by atoms with Gasteiger partial charge in [0.1, 0.15) is 0 Å². The molecule has 162 valence electrons. The minimum atomic E-state index is -3.55. The number of thiazole rings is 1. The Bertz CT molecular complexity index is 963. The van der Waals surface area contributed by atoms with E-state index in [1.807, 2.05) is 0 Å². The predicted molar refractivity (Wildman–Crippen MR) is 116 cm³/mol. The van der Waals surface area contributed by atoms with Crippen molar-refractivity contribution in [1.82, 2.24) is 14.2 Å². The van der Waals surface area contributed by atoms with E-state index in [-0.39, 0.29) is 22.6 Å². The molecule has 10 heteroatoms. The number of carbonyl (C=O) groups is 2. The van der Waals surface area contributed by atoms with Crippen LogP contribution < -0.4 is 5.32 Å². The van der Waals surface area contributed by atoms with Crippen LogP contribution in [-0.2, 0) is 14.8 Å². The van der Waals surface area contributed by atoms with Gasteiger partial charge in [0.05, 0.1) is 4.90 Å². The number of sulfonamides is 1. The summed E-state index contributed by atoms with van der Waals surface area (Å²) in [7, 11) is -3.55. The Labute approximate surface area is 181 Å². The van der Waals surface area contributed by atoms with Crippen LogP contribution in [0.15, 0.2) is 40.7 Å². The fraction of sp³-hybridized carbons (Fsp3) is 0.450. The Morgan fingerprint density at radius 1 is 1.17 bits per heavy atom. The Balaban J connectivity index is 1.59. The van der Waals surface area contributed by atoms with Crippen molar-refractivity contribution in [2.45, 2.75) is 31.6 Å². The zero-order valence-corrected chi connectivity index (χ0v) is 18.7. The highest BCUT2D eigenvalue weighted by Crippen LogP contribution is 2.23. The van der Waals surface area contributed by atoms with Gasteiger partial charge in [0.25, 0.3) is 5.91 Å². The van der Waals surface area contributed by atoms with E-state index in [9.17, 15) is 18.0 Å². The highest BCUT2D eigenvalue weighted by molar-refractivity contribution is 7.89. The van der Waals surface area contributed by atoms with Crippen LogP contribution >= 0.6 is 11.3 Å². The van der Waals surface area contributed by atoms with Crippen molar-refractivity contribution in [2.24, 2.45) is 5.92 Å². The number of anilines is 1. The Morgan fingerprint density at radius 2 is 1.80 bits per heavy atom. The molecule has 1 aliphatic rings. The first-order valence-corrected chi connectivity index (χ1v) is 12.3. The number of rotatable bonds is 7. The van der Waals surface area contributed by atoms with Gasteiger partial charge in [-0.3, -0.25) is 9.59 Å². The molecule has 0 radical (unpaired) electrons. The van der Waals surface area contributed by atoms with Crippen LogP contribution in [0.25, 0.3) is 0 Å². The van der Waals surface area contributed by atoms with Crippen molar-refractivity contribution in [3.8, 4) is 0 Å². The third kappa shape index (κ3) is 4.88. The second-order valence-corrected chi connectivity index (χ2v) is 9.84. The molecule has 1 saturated heterocycles. The summed E-state index contributed by atoms with van der Waals surface area (Å²) in [6, 6.07) is 6.07. The fourth-order valence-electron chi connectivity index (χ4n) is 3.50. The second-order valence-electron chi connectivity index (χ2n) is 7.01. The van der Waals surface area contributed by atoms with E-state index in [1.165, 1.54) is 27.8 Å². The number of piperidine rings is 1. The number of nitrogens with zero attached hydrogens (tertiary/aromatic N) is 3. The highest BCUT2D eigenvalue weighted by Gasteiger charge is 2.28. The summed E-state index contributed by atoms with van der Waals surface area (Å²) in [6.07, 6.45) is 2.80. The van der Waals surface area contributed by atoms with Gasteiger partial charge in [-0.05, 0) is 37.1 Å². The minimum Gasteiger partial charge on any atom is -0.339 e. The molecule has 2 heterocycles. The maximum absolute atomic E-state index is 12.8. The number of nitrogens with one attached hydrogen (secondary N) is 1. The number of hydrogen-bond donors (Lipinski definition) is 1. The number of amides is 2. The third-order valence-corrected chi connectivity index (χ3v) is 8.01. The lowest BCUT2D eigenvalue weighted by atomic mass is 9.95. The molecular weight excluding hydrogens is 424 g/mol. The lowest BCUT2D eigenvalue weighted by molar-refractivity contribution is -0.121. The summed E-state index contributed by atoms with van der Waals surface area (Å²) >= 11 is 1.37. The van der Waals surface area contributed by atoms with Gasteiger partial charge >= 0.3 is 0 Å². The van der Waals surface area contributed by atoms with E-state index < -0.39 is 10.0 Å². The molecule has 8 nitrogen and oxygen atoms in total. The van der Waals surface area contributed by atoms with Gasteiger partial charge in [0.15, 0.2) is 5.13 Å². The Morgan fingerprint density at radius 3 is 2.33 bits per heavy atom. The smallest absolute Gasteiger partial charge is 0.253 e. The van der Waals surface area contributed by atoms with Crippen molar-refractivity contribution in [3.05, 3.63) is 41.4 Å². The lowest BCUT2D eigenvalue weighted by Crippen LogP contribution is -2.41. The lowest BCUT2D eigenvalue weighted by Gasteiger charge is -2.31. The van der Waals surface area contributed by atoms with Crippen molar-refractivity contribution in [1.29, 1.82) is 0 Å². The third-order valence-electron chi connectivity index (χ3n) is 5.26. The first-order chi connectivity index (χ1) is 14.4. The second kappa shape index (κ2) is 9.67. The van der Waals surface area contributed by atoms with E-state index in [0.29, 0.717) is 49.7 Å². The Hall–Kier alpha value is -2.30. The normalized spacial score (nSPS) is 15.4. The summed E-state index contributed by atoms with van der Waals surface area (Å²) in [5.74, 6) is -0.372. The zero-order valence-electron chi connectivity index (χ0n) is 17.1. The van der Waals surface area contributed by atoms with Crippen molar-refractivity contribution in [3.63, 3.8) is 0 Å². The fourth-order valence-corrected chi connectivity index (χ4v) is 5.49. The largest absolute Gasteiger partial charge is 0.339 e. The summed E-state index contributed by atoms with van der Waals surface area (Å²) in [5.41, 5.74) is 0.444. The van der Waals surface area contributed by atoms with Crippen LogP contribution in [0.2, 0.25) is 0 Å². The summed E-state index contributed by atoms with van der Waals surface area (Å²) in [5, 5.41) is 5.19. The van der Waals surface area contributed by atoms with E-state index >= 15 is 0 Å². The average Bonchev–Trinajstić information content (AvgIpc) is 3.27. The molecule has 0 spiro atoms. The molecular formula is C20H26N4O4S2. The van der Waals surface area contributed by atoms with E-state index in [0.717, 1.165) is 0 Å². The summed E-state index contributed by atoms with van der Waals surface area (Å²) in [6.45, 7) is 5.33. The molecule has 1 aromatic carbocycles. The quantitative estimate of drug-likeness (QED) is 0.699. The monoisotopic (exact) mass is 450 g/mol. The van der Waals surface area contributed by atoms with Gasteiger partial charge in [0.2, 0.25) is 15.9 Å². The molecule has 30 heavy (non-hydrogen) atoms. The average molecular weight is 451 g/mol. The molecule has 2 aromatic rings. The summed E-state index contributed by atoms with van der Waals surface area (Å²) in [4.78, 5) is 31.1. The van der Waals surface area contributed by atoms with Crippen molar-refractivity contribution >= 4 is 38.3 Å². The Kier molecular flexibility index (Phi) is 7.22. The summed E-state index contributed by atoms with van der Waals surface area (Å²) < 4.78 is 26.5. The highest BCUT2D eigenvalue weighted by atomic mass is 32.2. The number of carbonyl (C=O) groups excluding carboxylic acids is 2. The van der Waals surface area contributed by atoms with Crippen LogP contribution in [0, 0.1) is 5.92 Å². The SMILES string of the molecule is CCN(CC)S(=O)(=O)c1ccc(C(=O)N2CCC(C(=O)Nc3nccs3)CC2)cc1. The molecule has 0 unspecified atom stereocenters. The van der Waals surface area contributed by atoms with Crippen LogP contribution in [0.1, 0.15) is 37.0 Å². The van der Waals surface area contributed by atoms with Gasteiger partial charge in [-0.15, -0.1) is 11.3 Å². The number of hydrogen-bond acceptors (Lipinski definition) is 6. The van der Waals surface area contributed by atoms with E-state index in [4.69, 9.17) is 0 Å². The molecule has 0 atom stereocenters. The number of benzene rings is 1. The molecule has 1 fully saturated rings. The maximum Gasteiger partial charge on any atom is 0.253 e. The van der Waals surface area contributed by atoms with E-state index in [2.05, 4.69) is 10.3 Å². The molecule has 1 aliphatic heterocycles. The van der Waals surface area contributed by atoms with E-state index in [1.54, 1.807) is 42.5 Å². The molecule has 0 aliphatic carbocycles. The maximum atomic E-state index is 12.8. The van der Waals surface area contributed by atoms with Gasteiger partial charge in [-0.25, -0.2) is 13.4 Å². The van der Waals surface area contributed by atoms with Gasteiger partial charge in [-0.1, -0.05) is 13.8 Å². The van der Waals surface area contributed by atoms with Crippen molar-refractivity contribution < 1.29 is 18.0 Å². The molecule has 1 N–H and O–H groups in total. The topological polar surface area (TPSA) is 99.7 Å². The van der Waals surface area contributed by atoms with Gasteiger partial charge in [0, 0.05) is 49.2 Å². The predicted octanol–water partition coefficient (Wildman–Crippen LogP) is 2.66. The van der Waals surface area contributed by atoms with Gasteiger partial charge < -0.3 is 10.2 Å². The van der Waals surface area contributed by atoms with Gasteiger partial charge in [-0.2, -0.15) is 4.31 Å². The standard InChI is InChI=1S/C20H26N4O4S2/c1-3-24(4-2)30(27,28)17-7-5-16(6-8-17)19(26)23-12-9-15(10-13-23)18(25)22-20-21-11-14-29-20/h5-8,11,14-15H,3-4,9-10,12-13H2,1-2H3,(H,21,22,25). The first-order valence-electron chi connectivity index (χ1n) is 9.96. The first kappa shape index (κ1) is 22.4. The van der Waals surface area contributed by atoms with Crippen LogP contribution in [0.4, 0.5) is 5.13 Å². The number of likely N-dealkylation sites (tertiary alicyclic amines) is 1. The minimum absolute atomic E-state index is 0.0667. The molecule has 2 amide bonds. The zero-order chi connectivity index (χ0) is 21.7. The van der Waals surface area contributed by atoms with Crippen LogP contribution in [0.5, 0.6) is 0 Å². The molecule has 0 saturated carbocycles. The molecule has 0 bridgehead atoms.